The highest BCUT2D eigenvalue weighted by Crippen LogP contribution is 2.23. The summed E-state index contributed by atoms with van der Waals surface area (Å²) in [5.41, 5.74) is 2.11. The summed E-state index contributed by atoms with van der Waals surface area (Å²) in [5.74, 6) is 1.57. The zero-order valence-corrected chi connectivity index (χ0v) is 15.1. The van der Waals surface area contributed by atoms with E-state index in [1.165, 1.54) is 0 Å². The van der Waals surface area contributed by atoms with E-state index >= 15 is 0 Å². The van der Waals surface area contributed by atoms with Crippen molar-refractivity contribution in [1.82, 2.24) is 10.3 Å². The number of nitrogens with one attached hydrogen (secondary N) is 1. The minimum atomic E-state index is 0.517. The lowest BCUT2D eigenvalue weighted by Crippen LogP contribution is -2.18. The van der Waals surface area contributed by atoms with Crippen molar-refractivity contribution in [3.63, 3.8) is 0 Å². The van der Waals surface area contributed by atoms with Gasteiger partial charge in [-0.15, -0.1) is 11.3 Å². The lowest BCUT2D eigenvalue weighted by molar-refractivity contribution is 0.299. The van der Waals surface area contributed by atoms with Gasteiger partial charge in [0, 0.05) is 16.4 Å². The fourth-order valence-electron chi connectivity index (χ4n) is 1.89. The molecule has 21 heavy (non-hydrogen) atoms. The molecule has 0 saturated carbocycles. The molecular formula is C16H21BrN2OS. The van der Waals surface area contributed by atoms with E-state index in [0.29, 0.717) is 12.5 Å². The van der Waals surface area contributed by atoms with Gasteiger partial charge in [-0.3, -0.25) is 0 Å². The van der Waals surface area contributed by atoms with E-state index in [0.717, 1.165) is 39.6 Å². The Bertz CT molecular complexity index is 583. The van der Waals surface area contributed by atoms with Gasteiger partial charge < -0.3 is 10.1 Å². The van der Waals surface area contributed by atoms with Gasteiger partial charge in [0.15, 0.2) is 0 Å². The predicted molar refractivity (Wildman–Crippen MR) is 91.9 cm³/mol. The molecule has 3 nitrogen and oxygen atoms in total. The summed E-state index contributed by atoms with van der Waals surface area (Å²) in [5, 5.41) is 6.59. The summed E-state index contributed by atoms with van der Waals surface area (Å²) in [6.07, 6.45) is 0. The molecule has 0 fully saturated rings. The van der Waals surface area contributed by atoms with Gasteiger partial charge in [-0.05, 0) is 43.1 Å². The zero-order chi connectivity index (χ0) is 15.2. The number of aromatic nitrogens is 1. The van der Waals surface area contributed by atoms with E-state index in [2.05, 4.69) is 51.5 Å². The van der Waals surface area contributed by atoms with Crippen LogP contribution >= 0.6 is 27.3 Å². The van der Waals surface area contributed by atoms with E-state index in [4.69, 9.17) is 4.74 Å². The molecule has 0 bridgehead atoms. The van der Waals surface area contributed by atoms with Crippen LogP contribution in [0.25, 0.3) is 0 Å². The summed E-state index contributed by atoms with van der Waals surface area (Å²) in [7, 11) is 0. The van der Waals surface area contributed by atoms with Gasteiger partial charge in [-0.2, -0.15) is 0 Å². The molecule has 0 saturated heterocycles. The predicted octanol–water partition coefficient (Wildman–Crippen LogP) is 4.54. The smallest absolute Gasteiger partial charge is 0.131 e. The number of aryl methyl sites for hydroxylation is 1. The van der Waals surface area contributed by atoms with Crippen LogP contribution in [-0.4, -0.2) is 11.5 Å². The highest BCUT2D eigenvalue weighted by molar-refractivity contribution is 9.10. The van der Waals surface area contributed by atoms with Crippen LogP contribution in [0.2, 0.25) is 0 Å². The first-order chi connectivity index (χ1) is 10.0. The Hall–Kier alpha value is -0.910. The molecular weight excluding hydrogens is 348 g/mol. The molecule has 114 valence electrons. The van der Waals surface area contributed by atoms with E-state index in [1.807, 2.05) is 19.1 Å². The number of rotatable bonds is 7. The molecule has 2 rings (SSSR count). The maximum Gasteiger partial charge on any atom is 0.131 e. The third-order valence-electron chi connectivity index (χ3n) is 2.94. The van der Waals surface area contributed by atoms with Gasteiger partial charge in [0.25, 0.3) is 0 Å². The number of ether oxygens (including phenoxy) is 1. The molecule has 5 heteroatoms. The third-order valence-corrected chi connectivity index (χ3v) is 4.33. The summed E-state index contributed by atoms with van der Waals surface area (Å²) in [6.45, 7) is 8.82. The van der Waals surface area contributed by atoms with Crippen LogP contribution in [-0.2, 0) is 13.2 Å². The molecule has 0 amide bonds. The van der Waals surface area contributed by atoms with E-state index in [1.54, 1.807) is 11.3 Å². The molecule has 0 unspecified atom stereocenters. The number of thiazole rings is 1. The average molecular weight is 369 g/mol. The van der Waals surface area contributed by atoms with Crippen LogP contribution < -0.4 is 10.1 Å². The van der Waals surface area contributed by atoms with Gasteiger partial charge in [0.05, 0.1) is 5.69 Å². The van der Waals surface area contributed by atoms with Gasteiger partial charge in [-0.25, -0.2) is 4.98 Å². The minimum Gasteiger partial charge on any atom is -0.487 e. The molecule has 1 aromatic carbocycles. The summed E-state index contributed by atoms with van der Waals surface area (Å²) >= 11 is 5.14. The van der Waals surface area contributed by atoms with Gasteiger partial charge in [-0.1, -0.05) is 29.8 Å². The number of hydrogen-bond donors (Lipinski definition) is 1. The molecule has 0 aliphatic carbocycles. The van der Waals surface area contributed by atoms with Crippen molar-refractivity contribution in [3.05, 3.63) is 44.3 Å². The zero-order valence-electron chi connectivity index (χ0n) is 12.6. The van der Waals surface area contributed by atoms with E-state index in [9.17, 15) is 0 Å². The number of benzene rings is 1. The standard InChI is InChI=1S/C16H21BrN2OS/c1-11(2)7-18-8-16-19-14(10-21-16)9-20-15-5-4-13(17)6-12(15)3/h4-6,10-11,18H,7-9H2,1-3H3. The van der Waals surface area contributed by atoms with Crippen molar-refractivity contribution >= 4 is 27.3 Å². The number of nitrogens with zero attached hydrogens (tertiary/aromatic N) is 1. The van der Waals surface area contributed by atoms with Gasteiger partial charge in [0.1, 0.15) is 17.4 Å². The lowest BCUT2D eigenvalue weighted by atomic mass is 10.2. The quantitative estimate of drug-likeness (QED) is 0.778. The molecule has 2 aromatic rings. The minimum absolute atomic E-state index is 0.517. The second-order valence-electron chi connectivity index (χ2n) is 5.46. The highest BCUT2D eigenvalue weighted by atomic mass is 79.9. The van der Waals surface area contributed by atoms with Gasteiger partial charge >= 0.3 is 0 Å². The van der Waals surface area contributed by atoms with Crippen LogP contribution in [0.5, 0.6) is 5.75 Å². The molecule has 0 atom stereocenters. The molecule has 1 N–H and O–H groups in total. The maximum absolute atomic E-state index is 5.84. The van der Waals surface area contributed by atoms with Crippen LogP contribution in [0, 0.1) is 12.8 Å². The first-order valence-electron chi connectivity index (χ1n) is 7.07. The Kier molecular flexibility index (Phi) is 6.21. The molecule has 0 aliphatic rings. The Labute approximate surface area is 138 Å². The molecule has 1 aromatic heterocycles. The largest absolute Gasteiger partial charge is 0.487 e. The topological polar surface area (TPSA) is 34.1 Å². The van der Waals surface area contributed by atoms with Crippen molar-refractivity contribution in [2.75, 3.05) is 6.54 Å². The van der Waals surface area contributed by atoms with E-state index < -0.39 is 0 Å². The summed E-state index contributed by atoms with van der Waals surface area (Å²) < 4.78 is 6.91. The Morgan fingerprint density at radius 2 is 2.19 bits per heavy atom. The summed E-state index contributed by atoms with van der Waals surface area (Å²) in [6, 6.07) is 6.03. The number of hydrogen-bond acceptors (Lipinski definition) is 4. The number of halogens is 1. The average Bonchev–Trinajstić information content (AvgIpc) is 2.85. The van der Waals surface area contributed by atoms with Crippen LogP contribution in [0.1, 0.15) is 30.1 Å². The van der Waals surface area contributed by atoms with Crippen LogP contribution in [0.3, 0.4) is 0 Å². The first-order valence-corrected chi connectivity index (χ1v) is 8.75. The SMILES string of the molecule is Cc1cc(Br)ccc1OCc1csc(CNCC(C)C)n1. The summed E-state index contributed by atoms with van der Waals surface area (Å²) in [4.78, 5) is 4.59. The molecule has 1 heterocycles. The van der Waals surface area contributed by atoms with Crippen molar-refractivity contribution in [3.8, 4) is 5.75 Å². The lowest BCUT2D eigenvalue weighted by Gasteiger charge is -2.08. The monoisotopic (exact) mass is 368 g/mol. The van der Waals surface area contributed by atoms with Crippen LogP contribution in [0.4, 0.5) is 0 Å². The Morgan fingerprint density at radius 1 is 1.38 bits per heavy atom. The fourth-order valence-corrected chi connectivity index (χ4v) is 3.11. The third kappa shape index (κ3) is 5.41. The van der Waals surface area contributed by atoms with Crippen molar-refractivity contribution in [1.29, 1.82) is 0 Å². The Morgan fingerprint density at radius 3 is 2.90 bits per heavy atom. The second kappa shape index (κ2) is 7.92. The normalized spacial score (nSPS) is 11.1. The Balaban J connectivity index is 1.85. The van der Waals surface area contributed by atoms with Crippen molar-refractivity contribution in [2.24, 2.45) is 5.92 Å². The fraction of sp³-hybridized carbons (Fsp3) is 0.438. The molecule has 0 radical (unpaired) electrons. The van der Waals surface area contributed by atoms with Crippen molar-refractivity contribution in [2.45, 2.75) is 33.9 Å². The van der Waals surface area contributed by atoms with Crippen molar-refractivity contribution < 1.29 is 4.74 Å². The first kappa shape index (κ1) is 16.5. The molecule has 0 aliphatic heterocycles. The van der Waals surface area contributed by atoms with Crippen LogP contribution in [0.15, 0.2) is 28.1 Å². The highest BCUT2D eigenvalue weighted by Gasteiger charge is 2.05. The molecule has 0 spiro atoms. The second-order valence-corrected chi connectivity index (χ2v) is 7.31. The maximum atomic E-state index is 5.84. The van der Waals surface area contributed by atoms with Gasteiger partial charge in [0.2, 0.25) is 0 Å². The van der Waals surface area contributed by atoms with E-state index in [-0.39, 0.29) is 0 Å².